The maximum absolute atomic E-state index is 11.7. The first-order valence-electron chi connectivity index (χ1n) is 6.84. The Morgan fingerprint density at radius 2 is 1.89 bits per heavy atom. The highest BCUT2D eigenvalue weighted by molar-refractivity contribution is 5.81. The van der Waals surface area contributed by atoms with E-state index in [2.05, 4.69) is 29.8 Å². The molecule has 0 saturated heterocycles. The number of carbonyl (C=O) groups is 1. The van der Waals surface area contributed by atoms with Crippen LogP contribution >= 0.6 is 0 Å². The molecule has 1 aromatic carbocycles. The normalized spacial score (nSPS) is 12.0. The first-order valence-corrected chi connectivity index (χ1v) is 6.84. The highest BCUT2D eigenvalue weighted by Gasteiger charge is 2.06. The van der Waals surface area contributed by atoms with Gasteiger partial charge in [0.1, 0.15) is 0 Å². The third kappa shape index (κ3) is 5.30. The maximum Gasteiger partial charge on any atom is 0.239 e. The number of anilines is 1. The minimum atomic E-state index is 0.0207. The number of nitrogens with one attached hydrogen (secondary N) is 3. The Hall–Kier alpha value is -1.55. The molecule has 1 amide bonds. The van der Waals surface area contributed by atoms with E-state index < -0.39 is 0 Å². The molecule has 3 N–H and O–H groups in total. The van der Waals surface area contributed by atoms with Gasteiger partial charge in [-0.15, -0.1) is 0 Å². The molecule has 4 nitrogen and oxygen atoms in total. The number of rotatable bonds is 7. The summed E-state index contributed by atoms with van der Waals surface area (Å²) in [6, 6.07) is 6.41. The summed E-state index contributed by atoms with van der Waals surface area (Å²) in [6.07, 6.45) is 0. The van der Waals surface area contributed by atoms with Crippen molar-refractivity contribution in [2.45, 2.75) is 33.7 Å². The molecule has 1 atom stereocenters. The summed E-state index contributed by atoms with van der Waals surface area (Å²) in [6.45, 7) is 10.1. The predicted molar refractivity (Wildman–Crippen MR) is 80.6 cm³/mol. The molecule has 0 radical (unpaired) electrons. The van der Waals surface area contributed by atoms with Gasteiger partial charge in [0.2, 0.25) is 5.91 Å². The van der Waals surface area contributed by atoms with Crippen molar-refractivity contribution in [3.05, 3.63) is 29.3 Å². The Balaban J connectivity index is 2.38. The first-order chi connectivity index (χ1) is 9.04. The second kappa shape index (κ2) is 7.79. The Kier molecular flexibility index (Phi) is 6.36. The SMILES string of the molecule is CCN[C@H](C)CNC(=O)CNc1c(C)cccc1C. The van der Waals surface area contributed by atoms with Crippen LogP contribution in [0.4, 0.5) is 5.69 Å². The fraction of sp³-hybridized carbons (Fsp3) is 0.533. The first kappa shape index (κ1) is 15.5. The lowest BCUT2D eigenvalue weighted by Crippen LogP contribution is -2.40. The molecule has 106 valence electrons. The van der Waals surface area contributed by atoms with Gasteiger partial charge < -0.3 is 16.0 Å². The van der Waals surface area contributed by atoms with Crippen LogP contribution in [0.5, 0.6) is 0 Å². The molecule has 0 heterocycles. The summed E-state index contributed by atoms with van der Waals surface area (Å²) in [7, 11) is 0. The van der Waals surface area contributed by atoms with Crippen molar-refractivity contribution in [2.75, 3.05) is 25.0 Å². The van der Waals surface area contributed by atoms with E-state index in [1.54, 1.807) is 0 Å². The van der Waals surface area contributed by atoms with Crippen LogP contribution in [0.2, 0.25) is 0 Å². The highest BCUT2D eigenvalue weighted by Crippen LogP contribution is 2.18. The van der Waals surface area contributed by atoms with Crippen molar-refractivity contribution < 1.29 is 4.79 Å². The van der Waals surface area contributed by atoms with Crippen LogP contribution in [-0.4, -0.2) is 31.6 Å². The van der Waals surface area contributed by atoms with Crippen molar-refractivity contribution >= 4 is 11.6 Å². The van der Waals surface area contributed by atoms with E-state index >= 15 is 0 Å². The Morgan fingerprint density at radius 3 is 2.47 bits per heavy atom. The zero-order chi connectivity index (χ0) is 14.3. The Morgan fingerprint density at radius 1 is 1.26 bits per heavy atom. The molecule has 1 aromatic rings. The van der Waals surface area contributed by atoms with Crippen LogP contribution in [0.15, 0.2) is 18.2 Å². The van der Waals surface area contributed by atoms with Crippen LogP contribution in [0.25, 0.3) is 0 Å². The maximum atomic E-state index is 11.7. The van der Waals surface area contributed by atoms with E-state index in [9.17, 15) is 4.79 Å². The molecule has 0 aliphatic rings. The van der Waals surface area contributed by atoms with Crippen molar-refractivity contribution in [3.63, 3.8) is 0 Å². The molecule has 0 aliphatic carbocycles. The largest absolute Gasteiger partial charge is 0.376 e. The number of amides is 1. The molecule has 0 fully saturated rings. The number of benzene rings is 1. The van der Waals surface area contributed by atoms with Gasteiger partial charge in [-0.25, -0.2) is 0 Å². The molecule has 0 bridgehead atoms. The van der Waals surface area contributed by atoms with Gasteiger partial charge in [0.25, 0.3) is 0 Å². The fourth-order valence-corrected chi connectivity index (χ4v) is 2.01. The van der Waals surface area contributed by atoms with E-state index in [4.69, 9.17) is 0 Å². The molecular weight excluding hydrogens is 238 g/mol. The lowest BCUT2D eigenvalue weighted by molar-refractivity contribution is -0.119. The van der Waals surface area contributed by atoms with E-state index in [1.807, 2.05) is 32.0 Å². The number of aryl methyl sites for hydroxylation is 2. The number of para-hydroxylation sites is 1. The Labute approximate surface area is 116 Å². The fourth-order valence-electron chi connectivity index (χ4n) is 2.01. The van der Waals surface area contributed by atoms with Gasteiger partial charge in [-0.2, -0.15) is 0 Å². The smallest absolute Gasteiger partial charge is 0.239 e. The third-order valence-electron chi connectivity index (χ3n) is 3.06. The molecule has 1 rings (SSSR count). The van der Waals surface area contributed by atoms with Gasteiger partial charge in [0.05, 0.1) is 6.54 Å². The van der Waals surface area contributed by atoms with Crippen LogP contribution in [-0.2, 0) is 4.79 Å². The van der Waals surface area contributed by atoms with E-state index in [-0.39, 0.29) is 5.91 Å². The van der Waals surface area contributed by atoms with Gasteiger partial charge in [-0.3, -0.25) is 4.79 Å². The number of likely N-dealkylation sites (N-methyl/N-ethyl adjacent to an activating group) is 1. The van der Waals surface area contributed by atoms with Gasteiger partial charge in [-0.1, -0.05) is 25.1 Å². The quantitative estimate of drug-likeness (QED) is 0.703. The van der Waals surface area contributed by atoms with Crippen molar-refractivity contribution in [1.82, 2.24) is 10.6 Å². The van der Waals surface area contributed by atoms with E-state index in [1.165, 1.54) is 0 Å². The minimum absolute atomic E-state index is 0.0207. The van der Waals surface area contributed by atoms with Gasteiger partial charge in [0, 0.05) is 18.3 Å². The summed E-state index contributed by atoms with van der Waals surface area (Å²) < 4.78 is 0. The van der Waals surface area contributed by atoms with Gasteiger partial charge >= 0.3 is 0 Å². The second-order valence-electron chi connectivity index (χ2n) is 4.88. The average Bonchev–Trinajstić information content (AvgIpc) is 2.36. The summed E-state index contributed by atoms with van der Waals surface area (Å²) in [5.74, 6) is 0.0207. The molecule has 0 aromatic heterocycles. The van der Waals surface area contributed by atoms with Crippen LogP contribution in [0.1, 0.15) is 25.0 Å². The Bertz CT molecular complexity index is 398. The average molecular weight is 263 g/mol. The van der Waals surface area contributed by atoms with Crippen molar-refractivity contribution in [3.8, 4) is 0 Å². The molecule has 0 unspecified atom stereocenters. The number of hydrogen-bond acceptors (Lipinski definition) is 3. The molecular formula is C15H25N3O. The van der Waals surface area contributed by atoms with Gasteiger partial charge in [0.15, 0.2) is 0 Å². The standard InChI is InChI=1S/C15H25N3O/c1-5-16-13(4)9-17-14(19)10-18-15-11(2)7-6-8-12(15)3/h6-8,13,16,18H,5,9-10H2,1-4H3,(H,17,19)/t13-/m1/s1. The molecule has 4 heteroatoms. The lowest BCUT2D eigenvalue weighted by Gasteiger charge is -2.15. The molecule has 0 spiro atoms. The van der Waals surface area contributed by atoms with Gasteiger partial charge in [-0.05, 0) is 38.4 Å². The highest BCUT2D eigenvalue weighted by atomic mass is 16.1. The lowest BCUT2D eigenvalue weighted by atomic mass is 10.1. The van der Waals surface area contributed by atoms with E-state index in [0.717, 1.165) is 23.4 Å². The predicted octanol–water partition coefficient (Wildman–Crippen LogP) is 1.83. The molecule has 0 saturated carbocycles. The zero-order valence-corrected chi connectivity index (χ0v) is 12.3. The molecule has 0 aliphatic heterocycles. The van der Waals surface area contributed by atoms with Crippen LogP contribution < -0.4 is 16.0 Å². The summed E-state index contributed by atoms with van der Waals surface area (Å²) in [4.78, 5) is 11.7. The monoisotopic (exact) mass is 263 g/mol. The number of hydrogen-bond donors (Lipinski definition) is 3. The third-order valence-corrected chi connectivity index (χ3v) is 3.06. The second-order valence-corrected chi connectivity index (χ2v) is 4.88. The number of carbonyl (C=O) groups excluding carboxylic acids is 1. The minimum Gasteiger partial charge on any atom is -0.376 e. The zero-order valence-electron chi connectivity index (χ0n) is 12.3. The molecule has 19 heavy (non-hydrogen) atoms. The van der Waals surface area contributed by atoms with E-state index in [0.29, 0.717) is 19.1 Å². The topological polar surface area (TPSA) is 53.2 Å². The van der Waals surface area contributed by atoms with Crippen LogP contribution in [0, 0.1) is 13.8 Å². The summed E-state index contributed by atoms with van der Waals surface area (Å²) >= 11 is 0. The van der Waals surface area contributed by atoms with Crippen molar-refractivity contribution in [2.24, 2.45) is 0 Å². The van der Waals surface area contributed by atoms with Crippen LogP contribution in [0.3, 0.4) is 0 Å². The van der Waals surface area contributed by atoms with Crippen molar-refractivity contribution in [1.29, 1.82) is 0 Å². The summed E-state index contributed by atoms with van der Waals surface area (Å²) in [5.41, 5.74) is 3.38. The summed E-state index contributed by atoms with van der Waals surface area (Å²) in [5, 5.41) is 9.37.